The Hall–Kier alpha value is -1.00. The number of aryl methyl sites for hydroxylation is 1. The summed E-state index contributed by atoms with van der Waals surface area (Å²) in [5, 5.41) is 14.1. The van der Waals surface area contributed by atoms with E-state index >= 15 is 0 Å². The van der Waals surface area contributed by atoms with Gasteiger partial charge < -0.3 is 10.4 Å². The summed E-state index contributed by atoms with van der Waals surface area (Å²) in [6.45, 7) is 3.90. The van der Waals surface area contributed by atoms with Gasteiger partial charge in [-0.15, -0.1) is 0 Å². The van der Waals surface area contributed by atoms with E-state index in [1.807, 2.05) is 19.9 Å². The Morgan fingerprint density at radius 1 is 1.48 bits per heavy atom. The molecule has 5 heteroatoms. The molecular formula is C16H17BrClNO2. The minimum absolute atomic E-state index is 0.133. The maximum Gasteiger partial charge on any atom is 0.256 e. The number of nitrogens with one attached hydrogen (secondary N) is 1. The van der Waals surface area contributed by atoms with Crippen LogP contribution in [0.3, 0.4) is 0 Å². The molecule has 1 aliphatic heterocycles. The Morgan fingerprint density at radius 2 is 2.14 bits per heavy atom. The molecule has 3 rings (SSSR count). The first kappa shape index (κ1) is 14.9. The normalized spacial score (nSPS) is 25.4. The first-order chi connectivity index (χ1) is 9.88. The number of carbonyl (C=O) groups is 1. The topological polar surface area (TPSA) is 49.3 Å². The van der Waals surface area contributed by atoms with Gasteiger partial charge in [0.15, 0.2) is 0 Å². The van der Waals surface area contributed by atoms with E-state index in [2.05, 4.69) is 21.2 Å². The quantitative estimate of drug-likeness (QED) is 0.836. The molecule has 1 unspecified atom stereocenters. The summed E-state index contributed by atoms with van der Waals surface area (Å²) < 4.78 is 0.872. The van der Waals surface area contributed by atoms with Crippen molar-refractivity contribution in [2.45, 2.75) is 38.6 Å². The summed E-state index contributed by atoms with van der Waals surface area (Å²) in [5.41, 5.74) is 1.29. The van der Waals surface area contributed by atoms with Crippen LogP contribution in [0.4, 0.5) is 0 Å². The third-order valence-electron chi connectivity index (χ3n) is 4.49. The third-order valence-corrected chi connectivity index (χ3v) is 5.25. The highest BCUT2D eigenvalue weighted by atomic mass is 79.9. The Bertz CT molecular complexity index is 666. The fraction of sp³-hybridized carbons (Fsp3) is 0.438. The van der Waals surface area contributed by atoms with E-state index in [0.717, 1.165) is 29.3 Å². The van der Waals surface area contributed by atoms with E-state index in [-0.39, 0.29) is 11.7 Å². The molecule has 1 heterocycles. The Morgan fingerprint density at radius 3 is 2.71 bits per heavy atom. The predicted octanol–water partition coefficient (Wildman–Crippen LogP) is 4.23. The van der Waals surface area contributed by atoms with Crippen LogP contribution in [-0.2, 0) is 11.2 Å². The molecule has 112 valence electrons. The van der Waals surface area contributed by atoms with Crippen molar-refractivity contribution in [3.05, 3.63) is 38.5 Å². The number of amides is 1. The van der Waals surface area contributed by atoms with Crippen LogP contribution < -0.4 is 5.32 Å². The molecule has 0 radical (unpaired) electrons. The number of carbonyl (C=O) groups excluding carboxylic acids is 1. The molecule has 2 aliphatic rings. The van der Waals surface area contributed by atoms with E-state index in [4.69, 9.17) is 11.6 Å². The van der Waals surface area contributed by atoms with E-state index in [1.165, 1.54) is 0 Å². The lowest BCUT2D eigenvalue weighted by molar-refractivity contribution is -0.116. The number of halogens is 2. The molecule has 1 atom stereocenters. The fourth-order valence-electron chi connectivity index (χ4n) is 3.10. The van der Waals surface area contributed by atoms with Gasteiger partial charge in [-0.25, -0.2) is 0 Å². The van der Waals surface area contributed by atoms with Crippen molar-refractivity contribution in [2.75, 3.05) is 0 Å². The van der Waals surface area contributed by atoms with Crippen LogP contribution >= 0.6 is 27.5 Å². The summed E-state index contributed by atoms with van der Waals surface area (Å²) in [7, 11) is 0. The van der Waals surface area contributed by atoms with Gasteiger partial charge in [0.25, 0.3) is 5.91 Å². The highest BCUT2D eigenvalue weighted by molar-refractivity contribution is 9.10. The molecule has 1 aliphatic carbocycles. The number of rotatable bonds is 3. The maximum atomic E-state index is 12.4. The van der Waals surface area contributed by atoms with Crippen LogP contribution in [0.15, 0.2) is 22.4 Å². The monoisotopic (exact) mass is 369 g/mol. The minimum atomic E-state index is -0.645. The first-order valence-electron chi connectivity index (χ1n) is 7.13. The second-order valence-electron chi connectivity index (χ2n) is 5.93. The fourth-order valence-corrected chi connectivity index (χ4v) is 4.07. The number of hydrogen-bond acceptors (Lipinski definition) is 2. The molecule has 1 fully saturated rings. The second-order valence-corrected chi connectivity index (χ2v) is 7.25. The molecule has 0 aromatic heterocycles. The van der Waals surface area contributed by atoms with Gasteiger partial charge in [0, 0.05) is 10.0 Å². The third kappa shape index (κ3) is 2.29. The van der Waals surface area contributed by atoms with Gasteiger partial charge in [0.1, 0.15) is 5.76 Å². The lowest BCUT2D eigenvalue weighted by Gasteiger charge is -2.24. The van der Waals surface area contributed by atoms with Crippen LogP contribution in [0.1, 0.15) is 37.8 Å². The summed E-state index contributed by atoms with van der Waals surface area (Å²) in [6.07, 6.45) is 2.80. The van der Waals surface area contributed by atoms with Crippen LogP contribution in [0.5, 0.6) is 0 Å². The Kier molecular flexibility index (Phi) is 3.57. The average molecular weight is 371 g/mol. The maximum absolute atomic E-state index is 12.4. The van der Waals surface area contributed by atoms with Crippen LogP contribution in [0, 0.1) is 5.92 Å². The van der Waals surface area contributed by atoms with Gasteiger partial charge in [-0.1, -0.05) is 34.5 Å². The van der Waals surface area contributed by atoms with Crippen molar-refractivity contribution in [3.63, 3.8) is 0 Å². The molecule has 1 amide bonds. The standard InChI is InChI=1S/C16H17BrClNO2/c1-3-8-6-10(17)7-11(18)12(8)13-14(20)16(2,9-4-5-9)19-15(13)21/h6-7,9,20H,3-5H2,1-2H3,(H,19,21). The molecule has 0 saturated heterocycles. The first-order valence-corrected chi connectivity index (χ1v) is 8.30. The summed E-state index contributed by atoms with van der Waals surface area (Å²) in [4.78, 5) is 12.4. The van der Waals surface area contributed by atoms with Crippen molar-refractivity contribution >= 4 is 39.0 Å². The zero-order valence-corrected chi connectivity index (χ0v) is 14.3. The molecule has 1 aromatic rings. The molecule has 1 aromatic carbocycles. The smallest absolute Gasteiger partial charge is 0.256 e. The van der Waals surface area contributed by atoms with Crippen LogP contribution in [0.25, 0.3) is 5.57 Å². The Balaban J connectivity index is 2.20. The average Bonchev–Trinajstić information content (AvgIpc) is 3.22. The highest BCUT2D eigenvalue weighted by Gasteiger charge is 2.52. The number of hydrogen-bond donors (Lipinski definition) is 2. The van der Waals surface area contributed by atoms with Crippen molar-refractivity contribution in [3.8, 4) is 0 Å². The molecule has 0 spiro atoms. The van der Waals surface area contributed by atoms with Gasteiger partial charge in [-0.2, -0.15) is 0 Å². The number of benzene rings is 1. The molecule has 2 N–H and O–H groups in total. The van der Waals surface area contributed by atoms with E-state index in [0.29, 0.717) is 22.1 Å². The second kappa shape index (κ2) is 5.03. The molecule has 0 bridgehead atoms. The van der Waals surface area contributed by atoms with E-state index in [1.54, 1.807) is 6.07 Å². The highest BCUT2D eigenvalue weighted by Crippen LogP contribution is 2.48. The van der Waals surface area contributed by atoms with Crippen molar-refractivity contribution < 1.29 is 9.90 Å². The van der Waals surface area contributed by atoms with Gasteiger partial charge in [-0.05, 0) is 49.8 Å². The largest absolute Gasteiger partial charge is 0.509 e. The lowest BCUT2D eigenvalue weighted by atomic mass is 9.91. The number of aliphatic hydroxyl groups excluding tert-OH is 1. The van der Waals surface area contributed by atoms with Gasteiger partial charge in [0.05, 0.1) is 16.1 Å². The SMILES string of the molecule is CCc1cc(Br)cc(Cl)c1C1=C(O)C(C)(C2CC2)NC1=O. The molecule has 3 nitrogen and oxygen atoms in total. The zero-order valence-electron chi connectivity index (χ0n) is 12.0. The van der Waals surface area contributed by atoms with Gasteiger partial charge in [-0.3, -0.25) is 4.79 Å². The van der Waals surface area contributed by atoms with Gasteiger partial charge >= 0.3 is 0 Å². The Labute approximate surface area is 137 Å². The van der Waals surface area contributed by atoms with Crippen molar-refractivity contribution in [1.82, 2.24) is 5.32 Å². The molecule has 21 heavy (non-hydrogen) atoms. The summed E-state index contributed by atoms with van der Waals surface area (Å²) >= 11 is 9.78. The minimum Gasteiger partial charge on any atom is -0.509 e. The van der Waals surface area contributed by atoms with Crippen LogP contribution in [-0.4, -0.2) is 16.6 Å². The zero-order chi connectivity index (χ0) is 15.4. The lowest BCUT2D eigenvalue weighted by Crippen LogP contribution is -2.43. The molecule has 1 saturated carbocycles. The van der Waals surface area contributed by atoms with E-state index < -0.39 is 5.54 Å². The molecular weight excluding hydrogens is 354 g/mol. The van der Waals surface area contributed by atoms with Crippen LogP contribution in [0.2, 0.25) is 5.02 Å². The van der Waals surface area contributed by atoms with E-state index in [9.17, 15) is 9.90 Å². The predicted molar refractivity (Wildman–Crippen MR) is 87.4 cm³/mol. The van der Waals surface area contributed by atoms with Crippen molar-refractivity contribution in [1.29, 1.82) is 0 Å². The summed E-state index contributed by atoms with van der Waals surface area (Å²) in [5.74, 6) is 0.216. The number of aliphatic hydroxyl groups is 1. The van der Waals surface area contributed by atoms with Gasteiger partial charge in [0.2, 0.25) is 0 Å². The van der Waals surface area contributed by atoms with Crippen molar-refractivity contribution in [2.24, 2.45) is 5.92 Å². The summed E-state index contributed by atoms with van der Waals surface area (Å²) in [6, 6.07) is 3.71.